The van der Waals surface area contributed by atoms with Gasteiger partial charge in [-0.25, -0.2) is 4.39 Å². The predicted molar refractivity (Wildman–Crippen MR) is 118 cm³/mol. The Hall–Kier alpha value is -4.58. The van der Waals surface area contributed by atoms with E-state index in [1.54, 1.807) is 18.3 Å². The first-order chi connectivity index (χ1) is 16.1. The third kappa shape index (κ3) is 3.47. The minimum absolute atomic E-state index is 0.0222. The molecular formula is C24H19FN6O2. The second kappa shape index (κ2) is 8.16. The van der Waals surface area contributed by atoms with Crippen molar-refractivity contribution in [1.29, 1.82) is 5.26 Å². The maximum Gasteiger partial charge on any atom is 0.244 e. The SMILES string of the molecule is CCOc1ccc(-c2[nH]nc3c2[C@@H](c2cn[nH]c2-c2ccc(F)cc2)C(C#N)=C(N)O3)cc1. The number of hydrogen-bond donors (Lipinski definition) is 3. The molecule has 4 aromatic rings. The molecule has 2 aromatic carbocycles. The van der Waals surface area contributed by atoms with Crippen LogP contribution < -0.4 is 15.2 Å². The van der Waals surface area contributed by atoms with Crippen LogP contribution >= 0.6 is 0 Å². The van der Waals surface area contributed by atoms with Gasteiger partial charge >= 0.3 is 0 Å². The second-order valence-corrected chi connectivity index (χ2v) is 7.41. The lowest BCUT2D eigenvalue weighted by molar-refractivity contribution is 0.340. The van der Waals surface area contributed by atoms with Crippen molar-refractivity contribution in [2.45, 2.75) is 12.8 Å². The molecule has 1 aliphatic heterocycles. The number of ether oxygens (including phenoxy) is 2. The molecule has 0 unspecified atom stereocenters. The smallest absolute Gasteiger partial charge is 0.244 e. The molecule has 1 aliphatic rings. The fourth-order valence-corrected chi connectivity index (χ4v) is 4.02. The number of nitriles is 1. The summed E-state index contributed by atoms with van der Waals surface area (Å²) < 4.78 is 24.7. The zero-order valence-corrected chi connectivity index (χ0v) is 17.6. The summed E-state index contributed by atoms with van der Waals surface area (Å²) in [7, 11) is 0. The van der Waals surface area contributed by atoms with E-state index in [4.69, 9.17) is 15.2 Å². The lowest BCUT2D eigenvalue weighted by atomic mass is 9.82. The third-order valence-electron chi connectivity index (χ3n) is 5.51. The molecule has 0 spiro atoms. The van der Waals surface area contributed by atoms with Gasteiger partial charge in [0.25, 0.3) is 0 Å². The van der Waals surface area contributed by atoms with Gasteiger partial charge in [0, 0.05) is 16.7 Å². The van der Waals surface area contributed by atoms with Crippen LogP contribution in [0.1, 0.15) is 24.0 Å². The van der Waals surface area contributed by atoms with Gasteiger partial charge in [-0.1, -0.05) is 0 Å². The first-order valence-corrected chi connectivity index (χ1v) is 10.3. The van der Waals surface area contributed by atoms with Gasteiger partial charge in [0.1, 0.15) is 23.2 Å². The van der Waals surface area contributed by atoms with Crippen LogP contribution in [0.15, 0.2) is 66.2 Å². The van der Waals surface area contributed by atoms with Crippen LogP contribution in [0.25, 0.3) is 22.5 Å². The Balaban J connectivity index is 1.67. The number of aromatic amines is 2. The van der Waals surface area contributed by atoms with Crippen molar-refractivity contribution in [3.63, 3.8) is 0 Å². The molecule has 0 aliphatic carbocycles. The molecule has 33 heavy (non-hydrogen) atoms. The van der Waals surface area contributed by atoms with E-state index in [1.165, 1.54) is 12.1 Å². The number of hydrogen-bond acceptors (Lipinski definition) is 6. The van der Waals surface area contributed by atoms with Crippen molar-refractivity contribution in [2.24, 2.45) is 5.73 Å². The zero-order chi connectivity index (χ0) is 22.9. The summed E-state index contributed by atoms with van der Waals surface area (Å²) in [5.41, 5.74) is 10.6. The number of nitrogens with zero attached hydrogens (tertiary/aromatic N) is 3. The molecular weight excluding hydrogens is 423 g/mol. The van der Waals surface area contributed by atoms with E-state index in [0.717, 1.165) is 16.9 Å². The summed E-state index contributed by atoms with van der Waals surface area (Å²) >= 11 is 0. The van der Waals surface area contributed by atoms with E-state index in [2.05, 4.69) is 26.5 Å². The standard InChI is InChI=1S/C24H19FN6O2/c1-2-32-16-9-5-14(6-10-16)22-20-19(17(11-26)23(27)33-24(20)31-30-22)18-12-28-29-21(18)13-3-7-15(25)8-4-13/h3-10,12,19H,2,27H2,1H3,(H,28,29)(H,30,31)/t19-/m1/s1. The Labute approximate surface area is 188 Å². The number of rotatable bonds is 5. The van der Waals surface area contributed by atoms with E-state index in [9.17, 15) is 9.65 Å². The molecule has 5 rings (SSSR count). The Morgan fingerprint density at radius 2 is 1.79 bits per heavy atom. The number of nitrogens with one attached hydrogen (secondary N) is 2. The monoisotopic (exact) mass is 442 g/mol. The highest BCUT2D eigenvalue weighted by Gasteiger charge is 2.37. The van der Waals surface area contributed by atoms with E-state index >= 15 is 0 Å². The van der Waals surface area contributed by atoms with Gasteiger partial charge in [0.15, 0.2) is 0 Å². The van der Waals surface area contributed by atoms with Crippen LogP contribution in [0.2, 0.25) is 0 Å². The number of H-pyrrole nitrogens is 2. The first kappa shape index (κ1) is 20.3. The van der Waals surface area contributed by atoms with Gasteiger partial charge in [0.2, 0.25) is 11.8 Å². The fraction of sp³-hybridized carbons (Fsp3) is 0.125. The van der Waals surface area contributed by atoms with Gasteiger partial charge in [-0.3, -0.25) is 10.2 Å². The number of nitrogens with two attached hydrogens (primary N) is 1. The number of allylic oxidation sites excluding steroid dienone is 1. The topological polar surface area (TPSA) is 126 Å². The highest BCUT2D eigenvalue weighted by molar-refractivity contribution is 5.74. The summed E-state index contributed by atoms with van der Waals surface area (Å²) in [6, 6.07) is 15.7. The number of benzene rings is 2. The number of halogens is 1. The van der Waals surface area contributed by atoms with E-state index in [-0.39, 0.29) is 23.2 Å². The van der Waals surface area contributed by atoms with Crippen LogP contribution in [0, 0.1) is 17.1 Å². The van der Waals surface area contributed by atoms with E-state index in [0.29, 0.717) is 29.1 Å². The molecule has 0 saturated heterocycles. The van der Waals surface area contributed by atoms with Crippen molar-refractivity contribution < 1.29 is 13.9 Å². The van der Waals surface area contributed by atoms with Gasteiger partial charge in [-0.05, 0) is 55.5 Å². The molecule has 4 N–H and O–H groups in total. The average Bonchev–Trinajstić information content (AvgIpc) is 3.47. The normalized spacial score (nSPS) is 15.0. The van der Waals surface area contributed by atoms with Crippen molar-refractivity contribution in [2.75, 3.05) is 6.61 Å². The average molecular weight is 442 g/mol. The van der Waals surface area contributed by atoms with Gasteiger partial charge in [-0.15, -0.1) is 5.10 Å². The zero-order valence-electron chi connectivity index (χ0n) is 17.6. The Morgan fingerprint density at radius 3 is 2.48 bits per heavy atom. The van der Waals surface area contributed by atoms with Gasteiger partial charge < -0.3 is 15.2 Å². The minimum atomic E-state index is -0.599. The third-order valence-corrected chi connectivity index (χ3v) is 5.51. The molecule has 0 radical (unpaired) electrons. The summed E-state index contributed by atoms with van der Waals surface area (Å²) in [6.07, 6.45) is 1.64. The molecule has 0 amide bonds. The van der Waals surface area contributed by atoms with Crippen LogP contribution in [0.5, 0.6) is 11.6 Å². The fourth-order valence-electron chi connectivity index (χ4n) is 4.02. The maximum atomic E-state index is 13.5. The minimum Gasteiger partial charge on any atom is -0.494 e. The molecule has 8 nitrogen and oxygen atoms in total. The van der Waals surface area contributed by atoms with Crippen molar-refractivity contribution in [3.8, 4) is 40.2 Å². The van der Waals surface area contributed by atoms with Crippen LogP contribution in [-0.4, -0.2) is 27.0 Å². The molecule has 1 atom stereocenters. The number of aromatic nitrogens is 4. The molecule has 2 aromatic heterocycles. The maximum absolute atomic E-state index is 13.5. The Bertz CT molecular complexity index is 1380. The largest absolute Gasteiger partial charge is 0.494 e. The quantitative estimate of drug-likeness (QED) is 0.425. The predicted octanol–water partition coefficient (Wildman–Crippen LogP) is 4.22. The van der Waals surface area contributed by atoms with E-state index < -0.39 is 5.92 Å². The van der Waals surface area contributed by atoms with Crippen molar-refractivity contribution >= 4 is 0 Å². The Kier molecular flexibility index (Phi) is 5.03. The first-order valence-electron chi connectivity index (χ1n) is 10.3. The lowest BCUT2D eigenvalue weighted by Gasteiger charge is -2.24. The molecule has 164 valence electrons. The highest BCUT2D eigenvalue weighted by Crippen LogP contribution is 2.47. The molecule has 0 saturated carbocycles. The van der Waals surface area contributed by atoms with Crippen LogP contribution in [0.3, 0.4) is 0 Å². The van der Waals surface area contributed by atoms with E-state index in [1.807, 2.05) is 31.2 Å². The summed E-state index contributed by atoms with van der Waals surface area (Å²) in [5, 5.41) is 24.4. The summed E-state index contributed by atoms with van der Waals surface area (Å²) in [5.74, 6) is 0.0656. The van der Waals surface area contributed by atoms with Gasteiger partial charge in [-0.2, -0.15) is 10.4 Å². The molecule has 9 heteroatoms. The lowest BCUT2D eigenvalue weighted by Crippen LogP contribution is -2.21. The second-order valence-electron chi connectivity index (χ2n) is 7.41. The molecule has 0 bridgehead atoms. The summed E-state index contributed by atoms with van der Waals surface area (Å²) in [6.45, 7) is 2.49. The number of fused-ring (bicyclic) bond motifs is 1. The van der Waals surface area contributed by atoms with Crippen LogP contribution in [0.4, 0.5) is 4.39 Å². The van der Waals surface area contributed by atoms with Gasteiger partial charge in [0.05, 0.1) is 35.7 Å². The summed E-state index contributed by atoms with van der Waals surface area (Å²) in [4.78, 5) is 0. The molecule has 3 heterocycles. The van der Waals surface area contributed by atoms with Crippen molar-refractivity contribution in [1.82, 2.24) is 20.4 Å². The van der Waals surface area contributed by atoms with Crippen LogP contribution in [-0.2, 0) is 0 Å². The molecule has 0 fully saturated rings. The van der Waals surface area contributed by atoms with Crippen molar-refractivity contribution in [3.05, 3.63) is 83.1 Å². The Morgan fingerprint density at radius 1 is 1.09 bits per heavy atom. The highest BCUT2D eigenvalue weighted by atomic mass is 19.1.